The second kappa shape index (κ2) is 6.93. The molecule has 1 aromatic rings. The van der Waals surface area contributed by atoms with Gasteiger partial charge in [0.25, 0.3) is 0 Å². The molecule has 0 aromatic carbocycles. The zero-order valence-electron chi connectivity index (χ0n) is 12.1. The second-order valence-electron chi connectivity index (χ2n) is 5.10. The summed E-state index contributed by atoms with van der Waals surface area (Å²) in [6.07, 6.45) is 1.59. The molecule has 0 atom stereocenters. The van der Waals surface area contributed by atoms with Crippen molar-refractivity contribution in [3.63, 3.8) is 0 Å². The Hall–Kier alpha value is -1.56. The van der Waals surface area contributed by atoms with Crippen LogP contribution in [-0.4, -0.2) is 30.8 Å². The Morgan fingerprint density at radius 1 is 1.38 bits per heavy atom. The van der Waals surface area contributed by atoms with E-state index in [-0.39, 0.29) is 13.0 Å². The summed E-state index contributed by atoms with van der Waals surface area (Å²) in [5.74, 6) is 0. The molecule has 0 aliphatic carbocycles. The van der Waals surface area contributed by atoms with Crippen LogP contribution in [0.15, 0.2) is 30.1 Å². The minimum Gasteiger partial charge on any atom is -0.366 e. The van der Waals surface area contributed by atoms with Crippen LogP contribution in [0, 0.1) is 0 Å². The fourth-order valence-corrected chi connectivity index (χ4v) is 2.39. The summed E-state index contributed by atoms with van der Waals surface area (Å²) >= 11 is 0. The monoisotopic (exact) mass is 299 g/mol. The maximum absolute atomic E-state index is 12.6. The van der Waals surface area contributed by atoms with Gasteiger partial charge in [0.2, 0.25) is 0 Å². The standard InChI is InChI=1S/C15H20F3N3/c1-2-6-19-10-12-3-7-20-11-14(12)21-8-4-13(5-9-21)15(16,17)18/h3-4,7,11,19H,2,5-6,8-10H2,1H3. The lowest BCUT2D eigenvalue weighted by atomic mass is 10.1. The third kappa shape index (κ3) is 4.20. The van der Waals surface area contributed by atoms with Gasteiger partial charge in [-0.05, 0) is 31.0 Å². The smallest absolute Gasteiger partial charge is 0.366 e. The van der Waals surface area contributed by atoms with Crippen LogP contribution >= 0.6 is 0 Å². The SMILES string of the molecule is CCCNCc1ccncc1N1CC=C(C(F)(F)F)CC1. The van der Waals surface area contributed by atoms with Crippen molar-refractivity contribution < 1.29 is 13.2 Å². The Bertz CT molecular complexity index is 497. The fourth-order valence-electron chi connectivity index (χ4n) is 2.39. The number of nitrogens with one attached hydrogen (secondary N) is 1. The molecule has 3 nitrogen and oxygen atoms in total. The number of pyridine rings is 1. The number of rotatable bonds is 5. The Balaban J connectivity index is 2.08. The summed E-state index contributed by atoms with van der Waals surface area (Å²) in [4.78, 5) is 6.05. The van der Waals surface area contributed by atoms with Crippen LogP contribution in [0.4, 0.5) is 18.9 Å². The van der Waals surface area contributed by atoms with E-state index >= 15 is 0 Å². The predicted molar refractivity (Wildman–Crippen MR) is 77.2 cm³/mol. The Labute approximate surface area is 122 Å². The van der Waals surface area contributed by atoms with Crippen LogP contribution in [0.25, 0.3) is 0 Å². The first-order chi connectivity index (χ1) is 10.0. The first-order valence-electron chi connectivity index (χ1n) is 7.17. The molecule has 21 heavy (non-hydrogen) atoms. The summed E-state index contributed by atoms with van der Waals surface area (Å²) in [5, 5.41) is 3.31. The molecule has 0 radical (unpaired) electrons. The van der Waals surface area contributed by atoms with Crippen LogP contribution in [0.2, 0.25) is 0 Å². The van der Waals surface area contributed by atoms with Crippen LogP contribution in [0.5, 0.6) is 0 Å². The molecule has 1 aliphatic rings. The van der Waals surface area contributed by atoms with Crippen molar-refractivity contribution in [2.45, 2.75) is 32.5 Å². The Kier molecular flexibility index (Phi) is 5.22. The van der Waals surface area contributed by atoms with E-state index in [0.29, 0.717) is 13.1 Å². The van der Waals surface area contributed by atoms with E-state index in [1.54, 1.807) is 12.4 Å². The number of hydrogen-bond donors (Lipinski definition) is 1. The molecule has 0 amide bonds. The zero-order valence-corrected chi connectivity index (χ0v) is 12.1. The van der Waals surface area contributed by atoms with Gasteiger partial charge in [-0.3, -0.25) is 4.98 Å². The van der Waals surface area contributed by atoms with Crippen molar-refractivity contribution in [2.24, 2.45) is 0 Å². The van der Waals surface area contributed by atoms with Crippen LogP contribution in [0.1, 0.15) is 25.3 Å². The number of halogens is 3. The maximum atomic E-state index is 12.6. The van der Waals surface area contributed by atoms with Gasteiger partial charge in [-0.2, -0.15) is 13.2 Å². The molecule has 1 N–H and O–H groups in total. The fraction of sp³-hybridized carbons (Fsp3) is 0.533. The highest BCUT2D eigenvalue weighted by atomic mass is 19.4. The van der Waals surface area contributed by atoms with Crippen LogP contribution in [-0.2, 0) is 6.54 Å². The highest BCUT2D eigenvalue weighted by molar-refractivity contribution is 5.53. The lowest BCUT2D eigenvalue weighted by molar-refractivity contribution is -0.0943. The van der Waals surface area contributed by atoms with Gasteiger partial charge in [-0.25, -0.2) is 0 Å². The molecule has 0 fully saturated rings. The molecule has 0 unspecified atom stereocenters. The Morgan fingerprint density at radius 3 is 2.81 bits per heavy atom. The zero-order chi connectivity index (χ0) is 15.3. The molecule has 0 saturated heterocycles. The third-order valence-electron chi connectivity index (χ3n) is 3.54. The van der Waals surface area contributed by atoms with Crippen molar-refractivity contribution in [3.05, 3.63) is 35.7 Å². The van der Waals surface area contributed by atoms with E-state index in [1.807, 2.05) is 11.0 Å². The third-order valence-corrected chi connectivity index (χ3v) is 3.54. The molecular formula is C15H20F3N3. The average Bonchev–Trinajstić information content (AvgIpc) is 2.47. The molecule has 1 aliphatic heterocycles. The van der Waals surface area contributed by atoms with E-state index in [4.69, 9.17) is 0 Å². The topological polar surface area (TPSA) is 28.2 Å². The summed E-state index contributed by atoms with van der Waals surface area (Å²) in [5.41, 5.74) is 1.56. The molecule has 6 heteroatoms. The lowest BCUT2D eigenvalue weighted by Gasteiger charge is -2.30. The van der Waals surface area contributed by atoms with Gasteiger partial charge < -0.3 is 10.2 Å². The van der Waals surface area contributed by atoms with Gasteiger partial charge in [0.1, 0.15) is 0 Å². The largest absolute Gasteiger partial charge is 0.412 e. The van der Waals surface area contributed by atoms with E-state index < -0.39 is 11.7 Å². The maximum Gasteiger partial charge on any atom is 0.412 e. The van der Waals surface area contributed by atoms with Crippen molar-refractivity contribution >= 4 is 5.69 Å². The quantitative estimate of drug-likeness (QED) is 0.668. The van der Waals surface area contributed by atoms with Crippen LogP contribution in [0.3, 0.4) is 0 Å². The molecule has 0 bridgehead atoms. The van der Waals surface area contributed by atoms with Gasteiger partial charge >= 0.3 is 6.18 Å². The van der Waals surface area contributed by atoms with E-state index in [2.05, 4.69) is 17.2 Å². The number of aromatic nitrogens is 1. The molecule has 116 valence electrons. The molecule has 0 spiro atoms. The summed E-state index contributed by atoms with van der Waals surface area (Å²) in [6, 6.07) is 1.92. The van der Waals surface area contributed by atoms with Gasteiger partial charge in [0.05, 0.1) is 11.9 Å². The summed E-state index contributed by atoms with van der Waals surface area (Å²) < 4.78 is 37.9. The van der Waals surface area contributed by atoms with Gasteiger partial charge in [-0.15, -0.1) is 0 Å². The average molecular weight is 299 g/mol. The van der Waals surface area contributed by atoms with Gasteiger partial charge in [-0.1, -0.05) is 13.0 Å². The minimum atomic E-state index is -4.20. The first-order valence-corrected chi connectivity index (χ1v) is 7.17. The van der Waals surface area contributed by atoms with E-state index in [0.717, 1.165) is 24.2 Å². The first kappa shape index (κ1) is 15.8. The molecular weight excluding hydrogens is 279 g/mol. The van der Waals surface area contributed by atoms with E-state index in [9.17, 15) is 13.2 Å². The van der Waals surface area contributed by atoms with Crippen molar-refractivity contribution in [3.8, 4) is 0 Å². The van der Waals surface area contributed by atoms with Gasteiger partial charge in [0, 0.05) is 31.4 Å². The summed E-state index contributed by atoms with van der Waals surface area (Å²) in [7, 11) is 0. The molecule has 2 heterocycles. The van der Waals surface area contributed by atoms with Crippen LogP contribution < -0.4 is 10.2 Å². The molecule has 2 rings (SSSR count). The van der Waals surface area contributed by atoms with Crippen molar-refractivity contribution in [1.29, 1.82) is 0 Å². The normalized spacial score (nSPS) is 16.0. The number of hydrogen-bond acceptors (Lipinski definition) is 3. The molecule has 0 saturated carbocycles. The highest BCUT2D eigenvalue weighted by Gasteiger charge is 2.34. The Morgan fingerprint density at radius 2 is 2.19 bits per heavy atom. The number of alkyl halides is 3. The van der Waals surface area contributed by atoms with Crippen molar-refractivity contribution in [1.82, 2.24) is 10.3 Å². The summed E-state index contributed by atoms with van der Waals surface area (Å²) in [6.45, 7) is 4.37. The number of anilines is 1. The minimum absolute atomic E-state index is 0.0280. The molecule has 1 aromatic heterocycles. The van der Waals surface area contributed by atoms with Gasteiger partial charge in [0.15, 0.2) is 0 Å². The van der Waals surface area contributed by atoms with Crippen molar-refractivity contribution in [2.75, 3.05) is 24.5 Å². The second-order valence-corrected chi connectivity index (χ2v) is 5.10. The predicted octanol–water partition coefficient (Wildman–Crippen LogP) is 3.28. The lowest BCUT2D eigenvalue weighted by Crippen LogP contribution is -2.33. The highest BCUT2D eigenvalue weighted by Crippen LogP contribution is 2.32. The number of nitrogens with zero attached hydrogens (tertiary/aromatic N) is 2. The van der Waals surface area contributed by atoms with E-state index in [1.165, 1.54) is 6.08 Å².